The molecule has 132 valence electrons. The molecule has 2 aromatic rings. The van der Waals surface area contributed by atoms with E-state index in [1.807, 2.05) is 31.2 Å². The fourth-order valence-electron chi connectivity index (χ4n) is 3.55. The van der Waals surface area contributed by atoms with Crippen molar-refractivity contribution in [1.29, 1.82) is 0 Å². The van der Waals surface area contributed by atoms with Crippen molar-refractivity contribution >= 4 is 23.5 Å². The first-order valence-electron chi connectivity index (χ1n) is 8.08. The van der Waals surface area contributed by atoms with Gasteiger partial charge in [0.2, 0.25) is 0 Å². The number of carbonyl (C=O) groups is 2. The summed E-state index contributed by atoms with van der Waals surface area (Å²) in [7, 11) is 1.66. The summed E-state index contributed by atoms with van der Waals surface area (Å²) < 4.78 is 1.46. The standard InChI is InChI=1S/C18H20ClN3O3/c1-10-6-4-5-7-12(10)13-8-22(9-14(13)18(24)25)17(23)16-15(19)11(2)20-21(16)3/h4-7,13-14H,8-9H2,1-3H3,(H,24,25)/t13-,14+/m0/s1. The van der Waals surface area contributed by atoms with Crippen LogP contribution in [0, 0.1) is 19.8 Å². The molecule has 3 rings (SSSR count). The quantitative estimate of drug-likeness (QED) is 0.911. The lowest BCUT2D eigenvalue weighted by Gasteiger charge is -2.18. The molecular formula is C18H20ClN3O3. The number of carbonyl (C=O) groups excluding carboxylic acids is 1. The van der Waals surface area contributed by atoms with Crippen molar-refractivity contribution in [3.8, 4) is 0 Å². The van der Waals surface area contributed by atoms with Crippen molar-refractivity contribution < 1.29 is 14.7 Å². The molecule has 7 heteroatoms. The van der Waals surface area contributed by atoms with Gasteiger partial charge in [-0.05, 0) is 25.0 Å². The van der Waals surface area contributed by atoms with Crippen LogP contribution in [0.4, 0.5) is 0 Å². The van der Waals surface area contributed by atoms with Crippen LogP contribution in [-0.4, -0.2) is 44.8 Å². The molecule has 0 bridgehead atoms. The number of aliphatic carboxylic acids is 1. The maximum absolute atomic E-state index is 12.9. The van der Waals surface area contributed by atoms with Crippen LogP contribution in [-0.2, 0) is 11.8 Å². The number of carboxylic acid groups (broad SMARTS) is 1. The lowest BCUT2D eigenvalue weighted by Crippen LogP contribution is -2.31. The number of hydrogen-bond donors (Lipinski definition) is 1. The number of hydrogen-bond acceptors (Lipinski definition) is 3. The molecule has 1 aliphatic heterocycles. The number of halogens is 1. The average Bonchev–Trinajstić information content (AvgIpc) is 3.10. The molecule has 6 nitrogen and oxygen atoms in total. The van der Waals surface area contributed by atoms with Gasteiger partial charge in [0.25, 0.3) is 5.91 Å². The molecule has 1 fully saturated rings. The first kappa shape index (κ1) is 17.5. The first-order valence-corrected chi connectivity index (χ1v) is 8.45. The van der Waals surface area contributed by atoms with Gasteiger partial charge in [-0.15, -0.1) is 0 Å². The van der Waals surface area contributed by atoms with E-state index in [4.69, 9.17) is 11.6 Å². The number of rotatable bonds is 3. The van der Waals surface area contributed by atoms with E-state index in [0.29, 0.717) is 23.0 Å². The van der Waals surface area contributed by atoms with Crippen molar-refractivity contribution in [2.75, 3.05) is 13.1 Å². The Morgan fingerprint density at radius 1 is 1.24 bits per heavy atom. The highest BCUT2D eigenvalue weighted by atomic mass is 35.5. The molecular weight excluding hydrogens is 342 g/mol. The Hall–Kier alpha value is -2.34. The van der Waals surface area contributed by atoms with Crippen molar-refractivity contribution in [2.45, 2.75) is 19.8 Å². The number of aryl methyl sites for hydroxylation is 3. The smallest absolute Gasteiger partial charge is 0.308 e. The van der Waals surface area contributed by atoms with Crippen LogP contribution >= 0.6 is 11.6 Å². The minimum Gasteiger partial charge on any atom is -0.481 e. The molecule has 0 spiro atoms. The number of likely N-dealkylation sites (tertiary alicyclic amines) is 1. The van der Waals surface area contributed by atoms with Gasteiger partial charge in [0, 0.05) is 26.1 Å². The molecule has 1 N–H and O–H groups in total. The van der Waals surface area contributed by atoms with Crippen LogP contribution in [0.25, 0.3) is 0 Å². The SMILES string of the molecule is Cc1ccccc1[C@@H]1CN(C(=O)c2c(Cl)c(C)nn2C)C[C@H]1C(=O)O. The minimum atomic E-state index is -0.893. The predicted octanol–water partition coefficient (Wildman–Crippen LogP) is 2.63. The Kier molecular flexibility index (Phi) is 4.56. The number of nitrogens with zero attached hydrogens (tertiary/aromatic N) is 3. The molecule has 1 aromatic carbocycles. The second-order valence-corrected chi connectivity index (χ2v) is 6.87. The fourth-order valence-corrected chi connectivity index (χ4v) is 3.79. The lowest BCUT2D eigenvalue weighted by atomic mass is 9.86. The van der Waals surface area contributed by atoms with E-state index < -0.39 is 11.9 Å². The van der Waals surface area contributed by atoms with Crippen LogP contribution < -0.4 is 0 Å². The van der Waals surface area contributed by atoms with Gasteiger partial charge in [-0.25, -0.2) is 0 Å². The highest BCUT2D eigenvalue weighted by Crippen LogP contribution is 2.36. The Morgan fingerprint density at radius 3 is 2.48 bits per heavy atom. The molecule has 0 saturated carbocycles. The Balaban J connectivity index is 1.94. The average molecular weight is 362 g/mol. The number of aromatic nitrogens is 2. The van der Waals surface area contributed by atoms with Gasteiger partial charge >= 0.3 is 5.97 Å². The summed E-state index contributed by atoms with van der Waals surface area (Å²) in [6.45, 7) is 4.20. The molecule has 25 heavy (non-hydrogen) atoms. The molecule has 0 unspecified atom stereocenters. The second-order valence-electron chi connectivity index (χ2n) is 6.49. The zero-order valence-corrected chi connectivity index (χ0v) is 15.1. The summed E-state index contributed by atoms with van der Waals surface area (Å²) in [5.41, 5.74) is 2.88. The molecule has 1 saturated heterocycles. The molecule has 1 amide bonds. The zero-order chi connectivity index (χ0) is 18.3. The Morgan fingerprint density at radius 2 is 1.92 bits per heavy atom. The molecule has 1 aliphatic rings. The second kappa shape index (κ2) is 6.52. The number of carboxylic acids is 1. The van der Waals surface area contributed by atoms with Gasteiger partial charge in [-0.2, -0.15) is 5.10 Å². The van der Waals surface area contributed by atoms with E-state index in [0.717, 1.165) is 11.1 Å². The Bertz CT molecular complexity index is 846. The minimum absolute atomic E-state index is 0.160. The summed E-state index contributed by atoms with van der Waals surface area (Å²) >= 11 is 6.22. The van der Waals surface area contributed by atoms with Crippen molar-refractivity contribution in [3.05, 3.63) is 51.8 Å². The maximum Gasteiger partial charge on any atom is 0.308 e. The van der Waals surface area contributed by atoms with Gasteiger partial charge in [0.15, 0.2) is 0 Å². The molecule has 0 radical (unpaired) electrons. The maximum atomic E-state index is 12.9. The van der Waals surface area contributed by atoms with Crippen molar-refractivity contribution in [3.63, 3.8) is 0 Å². The van der Waals surface area contributed by atoms with Crippen LogP contribution in [0.1, 0.15) is 33.2 Å². The zero-order valence-electron chi connectivity index (χ0n) is 14.4. The lowest BCUT2D eigenvalue weighted by molar-refractivity contribution is -0.141. The van der Waals surface area contributed by atoms with Crippen molar-refractivity contribution in [1.82, 2.24) is 14.7 Å². The molecule has 1 aromatic heterocycles. The van der Waals surface area contributed by atoms with E-state index in [9.17, 15) is 14.7 Å². The van der Waals surface area contributed by atoms with E-state index in [1.54, 1.807) is 18.9 Å². The first-order chi connectivity index (χ1) is 11.8. The van der Waals surface area contributed by atoms with Gasteiger partial charge in [-0.3, -0.25) is 14.3 Å². The van der Waals surface area contributed by atoms with E-state index in [-0.39, 0.29) is 18.4 Å². The highest BCUT2D eigenvalue weighted by Gasteiger charge is 2.42. The molecule has 2 heterocycles. The summed E-state index contributed by atoms with van der Waals surface area (Å²) in [6.07, 6.45) is 0. The molecule has 0 aliphatic carbocycles. The van der Waals surface area contributed by atoms with Crippen LogP contribution in [0.5, 0.6) is 0 Å². The number of benzene rings is 1. The Labute approximate surface area is 151 Å². The van der Waals surface area contributed by atoms with Gasteiger partial charge in [-0.1, -0.05) is 35.9 Å². The third-order valence-corrected chi connectivity index (χ3v) is 5.32. The van der Waals surface area contributed by atoms with Gasteiger partial charge < -0.3 is 10.0 Å². The third kappa shape index (κ3) is 3.02. The topological polar surface area (TPSA) is 75.4 Å². The van der Waals surface area contributed by atoms with Crippen LogP contribution in [0.3, 0.4) is 0 Å². The van der Waals surface area contributed by atoms with Crippen LogP contribution in [0.2, 0.25) is 5.02 Å². The highest BCUT2D eigenvalue weighted by molar-refractivity contribution is 6.34. The number of amides is 1. The monoisotopic (exact) mass is 361 g/mol. The van der Waals surface area contributed by atoms with E-state index in [1.165, 1.54) is 4.68 Å². The fraction of sp³-hybridized carbons (Fsp3) is 0.389. The predicted molar refractivity (Wildman–Crippen MR) is 93.9 cm³/mol. The summed E-state index contributed by atoms with van der Waals surface area (Å²) in [5, 5.41) is 14.1. The summed E-state index contributed by atoms with van der Waals surface area (Å²) in [6, 6.07) is 7.71. The third-order valence-electron chi connectivity index (χ3n) is 4.86. The summed E-state index contributed by atoms with van der Waals surface area (Å²) in [5.74, 6) is -2.06. The largest absolute Gasteiger partial charge is 0.481 e. The summed E-state index contributed by atoms with van der Waals surface area (Å²) in [4.78, 5) is 26.2. The van der Waals surface area contributed by atoms with E-state index >= 15 is 0 Å². The van der Waals surface area contributed by atoms with E-state index in [2.05, 4.69) is 5.10 Å². The van der Waals surface area contributed by atoms with Gasteiger partial charge in [0.05, 0.1) is 16.6 Å². The van der Waals surface area contributed by atoms with Crippen LogP contribution in [0.15, 0.2) is 24.3 Å². The molecule has 2 atom stereocenters. The van der Waals surface area contributed by atoms with Gasteiger partial charge in [0.1, 0.15) is 5.69 Å². The normalized spacial score (nSPS) is 20.1. The van der Waals surface area contributed by atoms with Crippen molar-refractivity contribution in [2.24, 2.45) is 13.0 Å².